The average Bonchev–Trinajstić information content (AvgIpc) is 3.35. The van der Waals surface area contributed by atoms with Crippen LogP contribution in [0.4, 0.5) is 0 Å². The summed E-state index contributed by atoms with van der Waals surface area (Å²) >= 11 is 0. The number of hydrogen-bond donors (Lipinski definition) is 1. The zero-order valence-electron chi connectivity index (χ0n) is 16.2. The standard InChI is InChI=1S/C19H27N5O3/c1-13-17(14(2)27-22-13)4-5-18(25)24-9-6-16(12-24)19(26)21-8-11-23-10-7-20-15(23)3/h7,10,16H,4-6,8-9,11-12H2,1-3H3,(H,21,26). The van der Waals surface area contributed by atoms with Crippen LogP contribution in [0.15, 0.2) is 16.9 Å². The maximum absolute atomic E-state index is 12.5. The number of nitrogens with zero attached hydrogens (tertiary/aromatic N) is 4. The van der Waals surface area contributed by atoms with E-state index in [9.17, 15) is 9.59 Å². The van der Waals surface area contributed by atoms with Gasteiger partial charge in [0.05, 0.1) is 11.6 Å². The largest absolute Gasteiger partial charge is 0.361 e. The van der Waals surface area contributed by atoms with Crippen LogP contribution in [0.3, 0.4) is 0 Å². The summed E-state index contributed by atoms with van der Waals surface area (Å²) in [5.74, 6) is 1.68. The van der Waals surface area contributed by atoms with Crippen LogP contribution in [-0.4, -0.2) is 51.1 Å². The van der Waals surface area contributed by atoms with Gasteiger partial charge in [0.1, 0.15) is 11.6 Å². The van der Waals surface area contributed by atoms with E-state index in [1.54, 1.807) is 11.1 Å². The highest BCUT2D eigenvalue weighted by Gasteiger charge is 2.30. The lowest BCUT2D eigenvalue weighted by Crippen LogP contribution is -2.36. The Labute approximate surface area is 158 Å². The average molecular weight is 373 g/mol. The molecule has 3 heterocycles. The minimum Gasteiger partial charge on any atom is -0.361 e. The van der Waals surface area contributed by atoms with Crippen LogP contribution in [0, 0.1) is 26.7 Å². The van der Waals surface area contributed by atoms with E-state index in [0.717, 1.165) is 22.8 Å². The molecule has 1 aliphatic rings. The van der Waals surface area contributed by atoms with Crippen LogP contribution in [0.25, 0.3) is 0 Å². The van der Waals surface area contributed by atoms with Crippen molar-refractivity contribution in [3.05, 3.63) is 35.2 Å². The number of imidazole rings is 1. The Morgan fingerprint density at radius 1 is 1.33 bits per heavy atom. The monoisotopic (exact) mass is 373 g/mol. The molecule has 0 aliphatic carbocycles. The topological polar surface area (TPSA) is 93.3 Å². The number of nitrogens with one attached hydrogen (secondary N) is 1. The number of carbonyl (C=O) groups is 2. The normalized spacial score (nSPS) is 16.7. The summed E-state index contributed by atoms with van der Waals surface area (Å²) < 4.78 is 7.14. The molecule has 8 heteroatoms. The molecule has 3 rings (SSSR count). The summed E-state index contributed by atoms with van der Waals surface area (Å²) in [6.07, 6.45) is 5.40. The van der Waals surface area contributed by atoms with Gasteiger partial charge >= 0.3 is 0 Å². The second-order valence-electron chi connectivity index (χ2n) is 7.09. The molecule has 0 radical (unpaired) electrons. The second-order valence-corrected chi connectivity index (χ2v) is 7.09. The molecule has 1 aliphatic heterocycles. The number of likely N-dealkylation sites (tertiary alicyclic amines) is 1. The molecular weight excluding hydrogens is 346 g/mol. The molecule has 2 aromatic rings. The van der Waals surface area contributed by atoms with Crippen molar-refractivity contribution >= 4 is 11.8 Å². The minimum atomic E-state index is -0.128. The van der Waals surface area contributed by atoms with Crippen molar-refractivity contribution < 1.29 is 14.1 Å². The summed E-state index contributed by atoms with van der Waals surface area (Å²) in [7, 11) is 0. The molecular formula is C19H27N5O3. The van der Waals surface area contributed by atoms with Crippen molar-refractivity contribution in [1.82, 2.24) is 24.9 Å². The molecule has 1 N–H and O–H groups in total. The Morgan fingerprint density at radius 2 is 2.15 bits per heavy atom. The highest BCUT2D eigenvalue weighted by atomic mass is 16.5. The predicted molar refractivity (Wildman–Crippen MR) is 99.0 cm³/mol. The number of aromatic nitrogens is 3. The fourth-order valence-electron chi connectivity index (χ4n) is 3.53. The quantitative estimate of drug-likeness (QED) is 0.792. The highest BCUT2D eigenvalue weighted by Crippen LogP contribution is 2.19. The van der Waals surface area contributed by atoms with Crippen molar-refractivity contribution in [3.8, 4) is 0 Å². The number of rotatable bonds is 7. The Balaban J connectivity index is 1.41. The first kappa shape index (κ1) is 19.1. The maximum Gasteiger partial charge on any atom is 0.225 e. The molecule has 0 aromatic carbocycles. The van der Waals surface area contributed by atoms with Crippen molar-refractivity contribution in [1.29, 1.82) is 0 Å². The maximum atomic E-state index is 12.5. The third kappa shape index (κ3) is 4.56. The van der Waals surface area contributed by atoms with E-state index in [-0.39, 0.29) is 17.7 Å². The van der Waals surface area contributed by atoms with Gasteiger partial charge in [0.2, 0.25) is 11.8 Å². The Bertz CT molecular complexity index is 791. The van der Waals surface area contributed by atoms with E-state index in [4.69, 9.17) is 4.52 Å². The number of amides is 2. The Morgan fingerprint density at radius 3 is 2.81 bits per heavy atom. The lowest BCUT2D eigenvalue weighted by molar-refractivity contribution is -0.130. The summed E-state index contributed by atoms with van der Waals surface area (Å²) in [5, 5.41) is 6.89. The van der Waals surface area contributed by atoms with Crippen LogP contribution in [0.5, 0.6) is 0 Å². The van der Waals surface area contributed by atoms with Gasteiger partial charge in [-0.25, -0.2) is 4.98 Å². The molecule has 0 spiro atoms. The van der Waals surface area contributed by atoms with Crippen molar-refractivity contribution in [2.24, 2.45) is 5.92 Å². The third-order valence-corrected chi connectivity index (χ3v) is 5.26. The number of hydrogen-bond acceptors (Lipinski definition) is 5. The van der Waals surface area contributed by atoms with Crippen LogP contribution in [-0.2, 0) is 22.6 Å². The first-order valence-electron chi connectivity index (χ1n) is 9.40. The molecule has 0 saturated carbocycles. The lowest BCUT2D eigenvalue weighted by atomic mass is 10.1. The van der Waals surface area contributed by atoms with E-state index < -0.39 is 0 Å². The predicted octanol–water partition coefficient (Wildman–Crippen LogP) is 1.39. The third-order valence-electron chi connectivity index (χ3n) is 5.26. The van der Waals surface area contributed by atoms with E-state index >= 15 is 0 Å². The van der Waals surface area contributed by atoms with E-state index in [2.05, 4.69) is 15.5 Å². The van der Waals surface area contributed by atoms with Crippen molar-refractivity contribution in [2.75, 3.05) is 19.6 Å². The molecule has 1 fully saturated rings. The minimum absolute atomic E-state index is 0.0220. The number of carbonyl (C=O) groups excluding carboxylic acids is 2. The van der Waals surface area contributed by atoms with E-state index in [1.165, 1.54) is 0 Å². The molecule has 0 bridgehead atoms. The molecule has 2 aromatic heterocycles. The van der Waals surface area contributed by atoms with Crippen LogP contribution in [0.2, 0.25) is 0 Å². The number of aryl methyl sites for hydroxylation is 3. The summed E-state index contributed by atoms with van der Waals surface area (Å²) in [6.45, 7) is 8.08. The molecule has 8 nitrogen and oxygen atoms in total. The molecule has 1 saturated heterocycles. The lowest BCUT2D eigenvalue weighted by Gasteiger charge is -2.16. The zero-order valence-corrected chi connectivity index (χ0v) is 16.2. The van der Waals surface area contributed by atoms with Crippen molar-refractivity contribution in [3.63, 3.8) is 0 Å². The van der Waals surface area contributed by atoms with Gasteiger partial charge in [-0.1, -0.05) is 5.16 Å². The molecule has 2 amide bonds. The fourth-order valence-corrected chi connectivity index (χ4v) is 3.53. The fraction of sp³-hybridized carbons (Fsp3) is 0.579. The molecule has 1 unspecified atom stereocenters. The van der Waals surface area contributed by atoms with Crippen LogP contribution in [0.1, 0.15) is 35.7 Å². The molecule has 1 atom stereocenters. The van der Waals surface area contributed by atoms with Gasteiger partial charge < -0.3 is 19.3 Å². The summed E-state index contributed by atoms with van der Waals surface area (Å²) in [6, 6.07) is 0. The Kier molecular flexibility index (Phi) is 5.93. The SMILES string of the molecule is Cc1noc(C)c1CCC(=O)N1CCC(C(=O)NCCn2ccnc2C)C1. The van der Waals surface area contributed by atoms with Crippen LogP contribution >= 0.6 is 0 Å². The Hall–Kier alpha value is -2.64. The van der Waals surface area contributed by atoms with Gasteiger partial charge in [-0.05, 0) is 33.6 Å². The summed E-state index contributed by atoms with van der Waals surface area (Å²) in [5.41, 5.74) is 1.85. The van der Waals surface area contributed by atoms with Crippen molar-refractivity contribution in [2.45, 2.75) is 46.6 Å². The first-order chi connectivity index (χ1) is 13.0. The highest BCUT2D eigenvalue weighted by molar-refractivity contribution is 5.82. The molecule has 146 valence electrons. The van der Waals surface area contributed by atoms with Gasteiger partial charge in [-0.15, -0.1) is 0 Å². The molecule has 27 heavy (non-hydrogen) atoms. The smallest absolute Gasteiger partial charge is 0.225 e. The van der Waals surface area contributed by atoms with E-state index in [0.29, 0.717) is 45.4 Å². The zero-order chi connectivity index (χ0) is 19.4. The van der Waals surface area contributed by atoms with Gasteiger partial charge in [0.25, 0.3) is 0 Å². The van der Waals surface area contributed by atoms with Gasteiger partial charge in [0, 0.05) is 50.6 Å². The van der Waals surface area contributed by atoms with Gasteiger partial charge in [-0.2, -0.15) is 0 Å². The summed E-state index contributed by atoms with van der Waals surface area (Å²) in [4.78, 5) is 30.8. The van der Waals surface area contributed by atoms with Gasteiger partial charge in [0.15, 0.2) is 0 Å². The second kappa shape index (κ2) is 8.37. The first-order valence-corrected chi connectivity index (χ1v) is 9.40. The van der Waals surface area contributed by atoms with Gasteiger partial charge in [-0.3, -0.25) is 9.59 Å². The van der Waals surface area contributed by atoms with E-state index in [1.807, 2.05) is 31.5 Å². The van der Waals surface area contributed by atoms with Crippen LogP contribution < -0.4 is 5.32 Å².